The number of pyridine rings is 1. The Balaban J connectivity index is 1.42. The van der Waals surface area contributed by atoms with Crippen LogP contribution in [-0.2, 0) is 13.1 Å². The minimum Gasteiger partial charge on any atom is -0.334 e. The van der Waals surface area contributed by atoms with Crippen LogP contribution in [0.4, 0.5) is 4.79 Å². The molecule has 0 aromatic carbocycles. The molecule has 3 rings (SSSR count). The number of thiazole rings is 1. The number of nitrogens with zero attached hydrogens (tertiary/aromatic N) is 4. The number of nitrogens with one attached hydrogen (secondary N) is 1. The molecule has 2 amide bonds. The molecule has 7 heteroatoms. The quantitative estimate of drug-likeness (QED) is 0.923. The van der Waals surface area contributed by atoms with Crippen molar-refractivity contribution in [1.29, 1.82) is 0 Å². The molecule has 24 heavy (non-hydrogen) atoms. The van der Waals surface area contributed by atoms with Crippen LogP contribution in [0.3, 0.4) is 0 Å². The lowest BCUT2D eigenvalue weighted by Gasteiger charge is -2.34. The van der Waals surface area contributed by atoms with Crippen LogP contribution >= 0.6 is 11.3 Å². The largest absolute Gasteiger partial charge is 0.334 e. The number of rotatable bonds is 4. The Morgan fingerprint density at radius 1 is 1.25 bits per heavy atom. The van der Waals surface area contributed by atoms with Gasteiger partial charge in [0.25, 0.3) is 0 Å². The van der Waals surface area contributed by atoms with Gasteiger partial charge in [-0.05, 0) is 25.5 Å². The zero-order valence-corrected chi connectivity index (χ0v) is 15.0. The summed E-state index contributed by atoms with van der Waals surface area (Å²) in [6.45, 7) is 8.64. The summed E-state index contributed by atoms with van der Waals surface area (Å²) >= 11 is 1.69. The maximum atomic E-state index is 12.3. The first-order valence-corrected chi connectivity index (χ1v) is 9.06. The number of urea groups is 1. The fourth-order valence-corrected chi connectivity index (χ4v) is 3.32. The first kappa shape index (κ1) is 16.9. The Morgan fingerprint density at radius 2 is 2.04 bits per heavy atom. The molecule has 2 aromatic rings. The lowest BCUT2D eigenvalue weighted by atomic mass is 10.2. The second-order valence-electron chi connectivity index (χ2n) is 6.09. The first-order chi connectivity index (χ1) is 11.6. The Bertz CT molecular complexity index is 677. The van der Waals surface area contributed by atoms with Gasteiger partial charge in [-0.15, -0.1) is 11.3 Å². The summed E-state index contributed by atoms with van der Waals surface area (Å²) in [5.41, 5.74) is 3.13. The van der Waals surface area contributed by atoms with E-state index in [0.717, 1.165) is 54.7 Å². The van der Waals surface area contributed by atoms with E-state index in [-0.39, 0.29) is 6.03 Å². The van der Waals surface area contributed by atoms with Gasteiger partial charge in [0.15, 0.2) is 0 Å². The lowest BCUT2D eigenvalue weighted by molar-refractivity contribution is 0.134. The average molecular weight is 345 g/mol. The van der Waals surface area contributed by atoms with Gasteiger partial charge in [-0.25, -0.2) is 9.78 Å². The fraction of sp³-hybridized carbons (Fsp3) is 0.471. The Morgan fingerprint density at radius 3 is 2.67 bits per heavy atom. The van der Waals surface area contributed by atoms with Crippen LogP contribution in [0.25, 0.3) is 0 Å². The number of carbonyl (C=O) groups is 1. The van der Waals surface area contributed by atoms with E-state index in [1.165, 1.54) is 0 Å². The van der Waals surface area contributed by atoms with Crippen LogP contribution in [-0.4, -0.2) is 52.0 Å². The van der Waals surface area contributed by atoms with Crippen molar-refractivity contribution in [2.24, 2.45) is 0 Å². The van der Waals surface area contributed by atoms with E-state index in [1.807, 2.05) is 37.1 Å². The smallest absolute Gasteiger partial charge is 0.317 e. The molecule has 2 aromatic heterocycles. The molecule has 0 unspecified atom stereocenters. The Kier molecular flexibility index (Phi) is 5.42. The molecule has 0 aliphatic carbocycles. The molecule has 1 aliphatic heterocycles. The normalized spacial score (nSPS) is 15.5. The van der Waals surface area contributed by atoms with Crippen molar-refractivity contribution in [2.45, 2.75) is 26.9 Å². The molecule has 0 saturated carbocycles. The number of aryl methyl sites for hydroxylation is 2. The van der Waals surface area contributed by atoms with E-state index in [2.05, 4.69) is 25.6 Å². The zero-order valence-electron chi connectivity index (χ0n) is 14.2. The third-order valence-corrected chi connectivity index (χ3v) is 4.95. The first-order valence-electron chi connectivity index (χ1n) is 8.18. The molecule has 0 atom stereocenters. The summed E-state index contributed by atoms with van der Waals surface area (Å²) in [7, 11) is 0. The number of aromatic nitrogens is 2. The van der Waals surface area contributed by atoms with Gasteiger partial charge in [0.05, 0.1) is 10.7 Å². The second kappa shape index (κ2) is 7.72. The monoisotopic (exact) mass is 345 g/mol. The van der Waals surface area contributed by atoms with E-state index >= 15 is 0 Å². The van der Waals surface area contributed by atoms with Crippen LogP contribution in [0.1, 0.15) is 22.0 Å². The molecule has 0 spiro atoms. The predicted molar refractivity (Wildman–Crippen MR) is 94.9 cm³/mol. The number of hydrogen-bond acceptors (Lipinski definition) is 5. The van der Waals surface area contributed by atoms with Gasteiger partial charge in [0.1, 0.15) is 0 Å². The molecular formula is C17H23N5OS. The highest BCUT2D eigenvalue weighted by atomic mass is 32.1. The second-order valence-corrected chi connectivity index (χ2v) is 7.15. The standard InChI is InChI=1S/C17H23N5OS/c1-13-3-4-15(9-18-13)10-19-17(23)22-7-5-21(6-8-22)11-16-12-24-14(2)20-16/h3-4,9,12H,5-8,10-11H2,1-2H3,(H,19,23). The van der Waals surface area contributed by atoms with Crippen molar-refractivity contribution in [3.8, 4) is 0 Å². The Hall–Kier alpha value is -1.99. The van der Waals surface area contributed by atoms with Gasteiger partial charge >= 0.3 is 6.03 Å². The van der Waals surface area contributed by atoms with Crippen LogP contribution < -0.4 is 5.32 Å². The topological polar surface area (TPSA) is 61.4 Å². The molecule has 6 nitrogen and oxygen atoms in total. The molecule has 1 fully saturated rings. The fourth-order valence-electron chi connectivity index (χ4n) is 2.71. The van der Waals surface area contributed by atoms with Crippen molar-refractivity contribution < 1.29 is 4.79 Å². The third-order valence-electron chi connectivity index (χ3n) is 4.13. The van der Waals surface area contributed by atoms with Crippen molar-refractivity contribution >= 4 is 17.4 Å². The zero-order chi connectivity index (χ0) is 16.9. The predicted octanol–water partition coefficient (Wildman–Crippen LogP) is 2.18. The minimum atomic E-state index is -0.000252. The molecule has 3 heterocycles. The SMILES string of the molecule is Cc1ccc(CNC(=O)N2CCN(Cc3csc(C)n3)CC2)cn1. The summed E-state index contributed by atoms with van der Waals surface area (Å²) in [4.78, 5) is 25.3. The van der Waals surface area contributed by atoms with Crippen molar-refractivity contribution in [1.82, 2.24) is 25.1 Å². The summed E-state index contributed by atoms with van der Waals surface area (Å²) in [6, 6.07) is 3.95. The van der Waals surface area contributed by atoms with Crippen molar-refractivity contribution in [3.05, 3.63) is 45.7 Å². The van der Waals surface area contributed by atoms with Crippen LogP contribution in [0.15, 0.2) is 23.7 Å². The lowest BCUT2D eigenvalue weighted by Crippen LogP contribution is -2.51. The minimum absolute atomic E-state index is 0.000252. The molecule has 0 radical (unpaired) electrons. The summed E-state index contributed by atoms with van der Waals surface area (Å²) in [5, 5.41) is 6.19. The van der Waals surface area contributed by atoms with Crippen molar-refractivity contribution in [2.75, 3.05) is 26.2 Å². The maximum Gasteiger partial charge on any atom is 0.317 e. The molecular weight excluding hydrogens is 322 g/mol. The van der Waals surface area contributed by atoms with E-state index in [1.54, 1.807) is 11.3 Å². The molecule has 1 saturated heterocycles. The third kappa shape index (κ3) is 4.52. The van der Waals surface area contributed by atoms with Crippen molar-refractivity contribution in [3.63, 3.8) is 0 Å². The van der Waals surface area contributed by atoms with Crippen LogP contribution in [0.5, 0.6) is 0 Å². The number of hydrogen-bond donors (Lipinski definition) is 1. The highest BCUT2D eigenvalue weighted by molar-refractivity contribution is 7.09. The summed E-state index contributed by atoms with van der Waals surface area (Å²) < 4.78 is 0. The van der Waals surface area contributed by atoms with E-state index in [4.69, 9.17) is 0 Å². The summed E-state index contributed by atoms with van der Waals surface area (Å²) in [6.07, 6.45) is 1.81. The molecule has 0 bridgehead atoms. The average Bonchev–Trinajstić information content (AvgIpc) is 2.99. The van der Waals surface area contributed by atoms with Gasteiger partial charge in [-0.3, -0.25) is 9.88 Å². The van der Waals surface area contributed by atoms with Gasteiger partial charge < -0.3 is 10.2 Å². The van der Waals surface area contributed by atoms with E-state index in [9.17, 15) is 4.79 Å². The highest BCUT2D eigenvalue weighted by Crippen LogP contribution is 2.12. The molecule has 128 valence electrons. The van der Waals surface area contributed by atoms with Gasteiger partial charge in [-0.1, -0.05) is 6.07 Å². The molecule has 1 N–H and O–H groups in total. The number of carbonyl (C=O) groups excluding carboxylic acids is 1. The van der Waals surface area contributed by atoms with Gasteiger partial charge in [-0.2, -0.15) is 0 Å². The van der Waals surface area contributed by atoms with Gasteiger partial charge in [0, 0.05) is 56.5 Å². The van der Waals surface area contributed by atoms with Crippen LogP contribution in [0, 0.1) is 13.8 Å². The highest BCUT2D eigenvalue weighted by Gasteiger charge is 2.21. The number of piperazine rings is 1. The Labute approximate surface area is 146 Å². The molecule has 1 aliphatic rings. The number of amides is 2. The van der Waals surface area contributed by atoms with E-state index in [0.29, 0.717) is 6.54 Å². The summed E-state index contributed by atoms with van der Waals surface area (Å²) in [5.74, 6) is 0. The van der Waals surface area contributed by atoms with E-state index < -0.39 is 0 Å². The maximum absolute atomic E-state index is 12.3. The van der Waals surface area contributed by atoms with Gasteiger partial charge in [0.2, 0.25) is 0 Å². The van der Waals surface area contributed by atoms with Crippen LogP contribution in [0.2, 0.25) is 0 Å².